The van der Waals surface area contributed by atoms with Crippen LogP contribution in [0.3, 0.4) is 0 Å². The minimum Gasteiger partial charge on any atom is -0.507 e. The Morgan fingerprint density at radius 2 is 1.32 bits per heavy atom. The van der Waals surface area contributed by atoms with E-state index in [-0.39, 0.29) is 11.5 Å². The van der Waals surface area contributed by atoms with Crippen LogP contribution < -0.4 is 0 Å². The van der Waals surface area contributed by atoms with Crippen molar-refractivity contribution in [2.24, 2.45) is 0 Å². The third-order valence-corrected chi connectivity index (χ3v) is 4.91. The molecule has 0 saturated carbocycles. The number of phenols is 1. The van der Waals surface area contributed by atoms with E-state index in [2.05, 4.69) is 6.07 Å². The summed E-state index contributed by atoms with van der Waals surface area (Å²) >= 11 is 0. The molecule has 4 aromatic rings. The lowest BCUT2D eigenvalue weighted by molar-refractivity contribution is 0.104. The highest BCUT2D eigenvalue weighted by Gasteiger charge is 2.29. The first-order valence-corrected chi connectivity index (χ1v) is 8.23. The Morgan fingerprint density at radius 3 is 2.12 bits per heavy atom. The van der Waals surface area contributed by atoms with E-state index in [0.717, 1.165) is 33.0 Å². The van der Waals surface area contributed by atoms with E-state index in [1.807, 2.05) is 66.7 Å². The van der Waals surface area contributed by atoms with Crippen LogP contribution in [0.1, 0.15) is 15.9 Å². The fraction of sp³-hybridized carbons (Fsp3) is 0. The summed E-state index contributed by atoms with van der Waals surface area (Å²) in [6.07, 6.45) is 0. The fourth-order valence-corrected chi connectivity index (χ4v) is 3.73. The Labute approximate surface area is 145 Å². The molecule has 2 nitrogen and oxygen atoms in total. The summed E-state index contributed by atoms with van der Waals surface area (Å²) in [5, 5.41) is 12.0. The topological polar surface area (TPSA) is 37.3 Å². The zero-order chi connectivity index (χ0) is 17.0. The van der Waals surface area contributed by atoms with Crippen LogP contribution in [-0.2, 0) is 0 Å². The van der Waals surface area contributed by atoms with E-state index < -0.39 is 0 Å². The molecule has 1 N–H and O–H groups in total. The average Bonchev–Trinajstić information content (AvgIpc) is 2.95. The second-order valence-corrected chi connectivity index (χ2v) is 6.32. The molecular formula is C23H14O2. The molecule has 4 aromatic carbocycles. The van der Waals surface area contributed by atoms with Gasteiger partial charge in [-0.05, 0) is 34.2 Å². The first-order chi connectivity index (χ1) is 12.2. The molecule has 118 valence electrons. The van der Waals surface area contributed by atoms with Gasteiger partial charge in [-0.25, -0.2) is 0 Å². The van der Waals surface area contributed by atoms with E-state index in [1.165, 1.54) is 0 Å². The van der Waals surface area contributed by atoms with Crippen molar-refractivity contribution in [2.75, 3.05) is 0 Å². The number of carbonyl (C=O) groups is 1. The summed E-state index contributed by atoms with van der Waals surface area (Å²) in [6.45, 7) is 0. The summed E-state index contributed by atoms with van der Waals surface area (Å²) in [4.78, 5) is 13.0. The fourth-order valence-electron chi connectivity index (χ4n) is 3.73. The molecule has 0 aromatic heterocycles. The minimum absolute atomic E-state index is 0.0242. The number of hydrogen-bond acceptors (Lipinski definition) is 2. The van der Waals surface area contributed by atoms with Gasteiger partial charge in [0.2, 0.25) is 0 Å². The van der Waals surface area contributed by atoms with Gasteiger partial charge in [-0.2, -0.15) is 0 Å². The molecule has 1 aliphatic carbocycles. The predicted octanol–water partition coefficient (Wildman–Crippen LogP) is 5.42. The van der Waals surface area contributed by atoms with E-state index in [1.54, 1.807) is 6.07 Å². The van der Waals surface area contributed by atoms with Gasteiger partial charge in [-0.1, -0.05) is 66.7 Å². The first-order valence-electron chi connectivity index (χ1n) is 8.23. The lowest BCUT2D eigenvalue weighted by Gasteiger charge is -2.08. The van der Waals surface area contributed by atoms with Gasteiger partial charge < -0.3 is 5.11 Å². The molecule has 0 atom stereocenters. The lowest BCUT2D eigenvalue weighted by atomic mass is 9.96. The molecule has 5 rings (SSSR count). The van der Waals surface area contributed by atoms with E-state index >= 15 is 0 Å². The van der Waals surface area contributed by atoms with Crippen molar-refractivity contribution in [3.63, 3.8) is 0 Å². The number of carbonyl (C=O) groups excluding carboxylic acids is 1. The Kier molecular flexibility index (Phi) is 2.83. The second-order valence-electron chi connectivity index (χ2n) is 6.32. The summed E-state index contributed by atoms with van der Waals surface area (Å²) in [5.41, 5.74) is 5.25. The molecule has 0 saturated heterocycles. The van der Waals surface area contributed by atoms with Crippen molar-refractivity contribution in [1.82, 2.24) is 0 Å². The maximum absolute atomic E-state index is 13.0. The summed E-state index contributed by atoms with van der Waals surface area (Å²) in [6, 6.07) is 25.3. The third kappa shape index (κ3) is 1.94. The zero-order valence-corrected chi connectivity index (χ0v) is 13.4. The number of ketones is 1. The standard InChI is InChI=1S/C23H14O2/c24-21-13-20-22(17-9-5-4-8-16(17)21)18-11-10-15(12-19(18)23(20)25)14-6-2-1-3-7-14/h1-13,24H. The molecule has 0 bridgehead atoms. The Hall–Kier alpha value is -3.39. The number of hydrogen-bond donors (Lipinski definition) is 1. The van der Waals surface area contributed by atoms with Gasteiger partial charge in [0.25, 0.3) is 0 Å². The third-order valence-electron chi connectivity index (χ3n) is 4.91. The van der Waals surface area contributed by atoms with Crippen LogP contribution in [0.15, 0.2) is 78.9 Å². The van der Waals surface area contributed by atoms with Crippen molar-refractivity contribution in [3.8, 4) is 28.0 Å². The van der Waals surface area contributed by atoms with Gasteiger partial charge in [0.1, 0.15) is 5.75 Å². The zero-order valence-electron chi connectivity index (χ0n) is 13.4. The van der Waals surface area contributed by atoms with Crippen LogP contribution in [0.25, 0.3) is 33.0 Å². The van der Waals surface area contributed by atoms with E-state index in [9.17, 15) is 9.90 Å². The molecule has 0 spiro atoms. The van der Waals surface area contributed by atoms with Crippen molar-refractivity contribution in [2.45, 2.75) is 0 Å². The molecule has 0 radical (unpaired) electrons. The van der Waals surface area contributed by atoms with Crippen LogP contribution in [0.4, 0.5) is 0 Å². The van der Waals surface area contributed by atoms with Crippen LogP contribution in [-0.4, -0.2) is 10.9 Å². The van der Waals surface area contributed by atoms with E-state index in [0.29, 0.717) is 11.1 Å². The van der Waals surface area contributed by atoms with Gasteiger partial charge in [0, 0.05) is 22.1 Å². The highest BCUT2D eigenvalue weighted by molar-refractivity contribution is 6.27. The number of aromatic hydroxyl groups is 1. The van der Waals surface area contributed by atoms with Crippen LogP contribution in [0, 0.1) is 0 Å². The normalized spacial score (nSPS) is 12.2. The number of fused-ring (bicyclic) bond motifs is 5. The molecule has 0 heterocycles. The molecule has 25 heavy (non-hydrogen) atoms. The van der Waals surface area contributed by atoms with Crippen LogP contribution in [0.2, 0.25) is 0 Å². The predicted molar refractivity (Wildman–Crippen MR) is 99.9 cm³/mol. The number of phenolic OH excluding ortho intramolecular Hbond substituents is 1. The Morgan fingerprint density at radius 1 is 0.600 bits per heavy atom. The van der Waals surface area contributed by atoms with Gasteiger partial charge >= 0.3 is 0 Å². The SMILES string of the molecule is O=C1c2cc(-c3ccccc3)ccc2-c2c1cc(O)c1ccccc21. The molecule has 0 aliphatic heterocycles. The Bertz CT molecular complexity index is 1160. The summed E-state index contributed by atoms with van der Waals surface area (Å²) < 4.78 is 0. The van der Waals surface area contributed by atoms with Crippen LogP contribution in [0.5, 0.6) is 5.75 Å². The van der Waals surface area contributed by atoms with Gasteiger partial charge in [-0.3, -0.25) is 4.79 Å². The van der Waals surface area contributed by atoms with E-state index in [4.69, 9.17) is 0 Å². The Balaban J connectivity index is 1.80. The van der Waals surface area contributed by atoms with Gasteiger partial charge in [0.05, 0.1) is 0 Å². The molecule has 2 heteroatoms. The number of rotatable bonds is 1. The highest BCUT2D eigenvalue weighted by Crippen LogP contribution is 2.45. The smallest absolute Gasteiger partial charge is 0.194 e. The lowest BCUT2D eigenvalue weighted by Crippen LogP contribution is -1.95. The van der Waals surface area contributed by atoms with Gasteiger partial charge in [-0.15, -0.1) is 0 Å². The number of benzene rings is 4. The monoisotopic (exact) mass is 322 g/mol. The molecule has 1 aliphatic rings. The summed E-state index contributed by atoms with van der Waals surface area (Å²) in [7, 11) is 0. The van der Waals surface area contributed by atoms with Crippen LogP contribution >= 0.6 is 0 Å². The molecular weight excluding hydrogens is 308 g/mol. The van der Waals surface area contributed by atoms with Crippen molar-refractivity contribution in [3.05, 3.63) is 90.0 Å². The molecule has 0 fully saturated rings. The first kappa shape index (κ1) is 14.0. The maximum atomic E-state index is 13.0. The molecule has 0 unspecified atom stereocenters. The second kappa shape index (κ2) is 5.05. The minimum atomic E-state index is -0.0242. The van der Waals surface area contributed by atoms with Crippen molar-refractivity contribution < 1.29 is 9.90 Å². The van der Waals surface area contributed by atoms with Crippen molar-refractivity contribution >= 4 is 16.6 Å². The largest absolute Gasteiger partial charge is 0.507 e. The quantitative estimate of drug-likeness (QED) is 0.447. The highest BCUT2D eigenvalue weighted by atomic mass is 16.3. The summed E-state index contributed by atoms with van der Waals surface area (Å²) in [5.74, 6) is 0.127. The van der Waals surface area contributed by atoms with Crippen molar-refractivity contribution in [1.29, 1.82) is 0 Å². The molecule has 0 amide bonds. The maximum Gasteiger partial charge on any atom is 0.194 e. The average molecular weight is 322 g/mol. The van der Waals surface area contributed by atoms with Gasteiger partial charge in [0.15, 0.2) is 5.78 Å².